The number of rotatable bonds is 3. The normalized spacial score (nSPS) is 22.9. The van der Waals surface area contributed by atoms with E-state index in [0.717, 1.165) is 0 Å². The van der Waals surface area contributed by atoms with Crippen molar-refractivity contribution in [3.63, 3.8) is 0 Å². The first kappa shape index (κ1) is 12.1. The van der Waals surface area contributed by atoms with Crippen LogP contribution >= 0.6 is 15.9 Å². The zero-order chi connectivity index (χ0) is 11.6. The van der Waals surface area contributed by atoms with Gasteiger partial charge < -0.3 is 0 Å². The van der Waals surface area contributed by atoms with Crippen LogP contribution in [0.25, 0.3) is 0 Å². The highest BCUT2D eigenvalue weighted by atomic mass is 79.9. The summed E-state index contributed by atoms with van der Waals surface area (Å²) in [6.45, 7) is 4.70. The molecule has 88 valence electrons. The summed E-state index contributed by atoms with van der Waals surface area (Å²) in [4.78, 5) is 5.01. The van der Waals surface area contributed by atoms with Gasteiger partial charge in [-0.2, -0.15) is 0 Å². The molecule has 1 aromatic rings. The van der Waals surface area contributed by atoms with Gasteiger partial charge in [0.15, 0.2) is 0 Å². The second kappa shape index (κ2) is 4.87. The Labute approximate surface area is 107 Å². The van der Waals surface area contributed by atoms with Crippen molar-refractivity contribution < 1.29 is 0 Å². The second-order valence-corrected chi connectivity index (χ2v) is 6.29. The second-order valence-electron chi connectivity index (χ2n) is 5.31. The van der Waals surface area contributed by atoms with E-state index in [9.17, 15) is 0 Å². The Morgan fingerprint density at radius 3 is 2.56 bits per heavy atom. The van der Waals surface area contributed by atoms with Crippen molar-refractivity contribution in [3.05, 3.63) is 30.1 Å². The van der Waals surface area contributed by atoms with E-state index in [-0.39, 0.29) is 0 Å². The zero-order valence-electron chi connectivity index (χ0n) is 10.1. The molecule has 0 N–H and O–H groups in total. The molecule has 1 fully saturated rings. The molecular formula is C14H20BrN. The van der Waals surface area contributed by atoms with Crippen LogP contribution in [0.2, 0.25) is 0 Å². The number of hydrogen-bond donors (Lipinski definition) is 0. The maximum atomic E-state index is 4.47. The molecule has 0 saturated heterocycles. The zero-order valence-corrected chi connectivity index (χ0v) is 11.7. The highest BCUT2D eigenvalue weighted by Crippen LogP contribution is 2.48. The minimum absolute atomic E-state index is 0.455. The lowest BCUT2D eigenvalue weighted by Gasteiger charge is -2.33. The monoisotopic (exact) mass is 281 g/mol. The van der Waals surface area contributed by atoms with Gasteiger partial charge in [-0.3, -0.25) is 4.98 Å². The fraction of sp³-hybridized carbons (Fsp3) is 0.643. The Bertz CT molecular complexity index is 330. The van der Waals surface area contributed by atoms with Gasteiger partial charge in [0.1, 0.15) is 0 Å². The molecule has 0 amide bonds. The third-order valence-electron chi connectivity index (χ3n) is 4.00. The lowest BCUT2D eigenvalue weighted by Crippen LogP contribution is -2.29. The molecule has 1 aromatic heterocycles. The third-order valence-corrected chi connectivity index (χ3v) is 5.90. The Morgan fingerprint density at radius 2 is 2.00 bits per heavy atom. The van der Waals surface area contributed by atoms with Crippen molar-refractivity contribution in [2.45, 2.75) is 50.3 Å². The molecule has 1 aliphatic carbocycles. The fourth-order valence-electron chi connectivity index (χ4n) is 2.86. The van der Waals surface area contributed by atoms with E-state index in [1.54, 1.807) is 0 Å². The summed E-state index contributed by atoms with van der Waals surface area (Å²) in [7, 11) is 0. The summed E-state index contributed by atoms with van der Waals surface area (Å²) >= 11 is 3.92. The SMILES string of the molecule is CC(c1ccccn1)C(Br)C1(C)CCCC1. The highest BCUT2D eigenvalue weighted by Gasteiger charge is 2.38. The highest BCUT2D eigenvalue weighted by molar-refractivity contribution is 9.09. The smallest absolute Gasteiger partial charge is 0.0443 e. The summed E-state index contributed by atoms with van der Waals surface area (Å²) in [6, 6.07) is 6.20. The van der Waals surface area contributed by atoms with Gasteiger partial charge in [0, 0.05) is 22.6 Å². The molecular weight excluding hydrogens is 262 g/mol. The Balaban J connectivity index is 2.13. The first-order valence-electron chi connectivity index (χ1n) is 6.18. The molecule has 1 nitrogen and oxygen atoms in total. The lowest BCUT2D eigenvalue weighted by molar-refractivity contribution is 0.303. The van der Waals surface area contributed by atoms with E-state index in [0.29, 0.717) is 16.2 Å². The number of aromatic nitrogens is 1. The molecule has 1 saturated carbocycles. The van der Waals surface area contributed by atoms with Crippen LogP contribution in [-0.2, 0) is 0 Å². The first-order chi connectivity index (χ1) is 7.63. The molecule has 1 aliphatic rings. The van der Waals surface area contributed by atoms with Crippen LogP contribution in [0.3, 0.4) is 0 Å². The number of nitrogens with zero attached hydrogens (tertiary/aromatic N) is 1. The van der Waals surface area contributed by atoms with Gasteiger partial charge in [-0.25, -0.2) is 0 Å². The molecule has 1 heterocycles. The van der Waals surface area contributed by atoms with Crippen molar-refractivity contribution in [2.75, 3.05) is 0 Å². The van der Waals surface area contributed by atoms with E-state index >= 15 is 0 Å². The van der Waals surface area contributed by atoms with Crippen LogP contribution in [0.5, 0.6) is 0 Å². The van der Waals surface area contributed by atoms with Crippen LogP contribution in [0, 0.1) is 5.41 Å². The largest absolute Gasteiger partial charge is 0.261 e. The van der Waals surface area contributed by atoms with Crippen molar-refractivity contribution in [2.24, 2.45) is 5.41 Å². The fourth-order valence-corrected chi connectivity index (χ4v) is 3.59. The molecule has 2 rings (SSSR count). The average molecular weight is 282 g/mol. The summed E-state index contributed by atoms with van der Waals surface area (Å²) in [5.41, 5.74) is 1.66. The maximum Gasteiger partial charge on any atom is 0.0443 e. The standard InChI is InChI=1S/C14H20BrN/c1-11(12-7-3-6-10-16-12)13(15)14(2)8-4-5-9-14/h3,6-7,10-11,13H,4-5,8-9H2,1-2H3. The Morgan fingerprint density at radius 1 is 1.31 bits per heavy atom. The molecule has 0 aliphatic heterocycles. The van der Waals surface area contributed by atoms with Gasteiger partial charge in [0.25, 0.3) is 0 Å². The number of pyridine rings is 1. The van der Waals surface area contributed by atoms with Crippen LogP contribution in [0.4, 0.5) is 0 Å². The maximum absolute atomic E-state index is 4.47. The lowest BCUT2D eigenvalue weighted by atomic mass is 9.79. The molecule has 2 unspecified atom stereocenters. The van der Waals surface area contributed by atoms with E-state index < -0.39 is 0 Å². The molecule has 16 heavy (non-hydrogen) atoms. The minimum Gasteiger partial charge on any atom is -0.261 e. The van der Waals surface area contributed by atoms with Gasteiger partial charge in [-0.15, -0.1) is 0 Å². The summed E-state index contributed by atoms with van der Waals surface area (Å²) < 4.78 is 0. The minimum atomic E-state index is 0.455. The quantitative estimate of drug-likeness (QED) is 0.742. The van der Waals surface area contributed by atoms with Gasteiger partial charge in [-0.05, 0) is 30.4 Å². The van der Waals surface area contributed by atoms with E-state index in [1.165, 1.54) is 31.4 Å². The molecule has 2 heteroatoms. The van der Waals surface area contributed by atoms with E-state index in [1.807, 2.05) is 12.3 Å². The number of halogens is 1. The molecule has 0 spiro atoms. The van der Waals surface area contributed by atoms with Gasteiger partial charge in [0.2, 0.25) is 0 Å². The van der Waals surface area contributed by atoms with E-state index in [4.69, 9.17) is 0 Å². The van der Waals surface area contributed by atoms with Gasteiger partial charge in [-0.1, -0.05) is 48.7 Å². The Kier molecular flexibility index (Phi) is 3.68. The van der Waals surface area contributed by atoms with Crippen LogP contribution in [0.15, 0.2) is 24.4 Å². The summed E-state index contributed by atoms with van der Waals surface area (Å²) in [5, 5.41) is 0. The van der Waals surface area contributed by atoms with Crippen molar-refractivity contribution >= 4 is 15.9 Å². The number of alkyl halides is 1. The average Bonchev–Trinajstić information content (AvgIpc) is 2.77. The molecule has 0 radical (unpaired) electrons. The van der Waals surface area contributed by atoms with Crippen LogP contribution in [0.1, 0.15) is 51.1 Å². The van der Waals surface area contributed by atoms with Crippen molar-refractivity contribution in [1.82, 2.24) is 4.98 Å². The Hall–Kier alpha value is -0.370. The molecule has 0 bridgehead atoms. The van der Waals surface area contributed by atoms with Crippen LogP contribution < -0.4 is 0 Å². The summed E-state index contributed by atoms with van der Waals surface area (Å²) in [5.74, 6) is 0.490. The predicted octanol–water partition coefficient (Wildman–Crippen LogP) is 4.53. The van der Waals surface area contributed by atoms with Gasteiger partial charge >= 0.3 is 0 Å². The van der Waals surface area contributed by atoms with Crippen molar-refractivity contribution in [3.8, 4) is 0 Å². The topological polar surface area (TPSA) is 12.9 Å². The first-order valence-corrected chi connectivity index (χ1v) is 7.10. The molecule has 2 atom stereocenters. The van der Waals surface area contributed by atoms with Crippen molar-refractivity contribution in [1.29, 1.82) is 0 Å². The number of hydrogen-bond acceptors (Lipinski definition) is 1. The van der Waals surface area contributed by atoms with Crippen LogP contribution in [-0.4, -0.2) is 9.81 Å². The van der Waals surface area contributed by atoms with E-state index in [2.05, 4.69) is 46.9 Å². The summed E-state index contributed by atoms with van der Waals surface area (Å²) in [6.07, 6.45) is 7.35. The molecule has 0 aromatic carbocycles. The third kappa shape index (κ3) is 2.32. The van der Waals surface area contributed by atoms with Gasteiger partial charge in [0.05, 0.1) is 0 Å². The predicted molar refractivity (Wildman–Crippen MR) is 71.9 cm³/mol.